The van der Waals surface area contributed by atoms with E-state index in [0.29, 0.717) is 34.3 Å². The first-order valence-electron chi connectivity index (χ1n) is 10.8. The van der Waals surface area contributed by atoms with Crippen molar-refractivity contribution in [2.24, 2.45) is 0 Å². The Morgan fingerprint density at radius 2 is 1.82 bits per heavy atom. The maximum Gasteiger partial charge on any atom is 0.410 e. The smallest absolute Gasteiger partial charge is 0.410 e. The molecule has 4 rings (SSSR count). The molecule has 8 nitrogen and oxygen atoms in total. The van der Waals surface area contributed by atoms with Gasteiger partial charge in [0, 0.05) is 12.1 Å². The second-order valence-corrected chi connectivity index (χ2v) is 11.0. The van der Waals surface area contributed by atoms with Crippen molar-refractivity contribution in [2.75, 3.05) is 6.54 Å². The fraction of sp³-hybridized carbons (Fsp3) is 0.375. The average Bonchev–Trinajstić information content (AvgIpc) is 3.43. The Labute approximate surface area is 193 Å². The number of benzene rings is 2. The first kappa shape index (κ1) is 23.0. The van der Waals surface area contributed by atoms with Crippen LogP contribution in [0.1, 0.15) is 51.1 Å². The Hall–Kier alpha value is -3.20. The number of hydrogen-bond acceptors (Lipinski definition) is 7. The highest BCUT2D eigenvalue weighted by atomic mass is 32.2. The number of hydrogen-bond donors (Lipinski definition) is 0. The number of carbonyl (C=O) groups excluding carboxylic acids is 1. The number of sulfone groups is 1. The summed E-state index contributed by atoms with van der Waals surface area (Å²) in [6.07, 6.45) is 1.15. The average molecular weight is 470 g/mol. The number of likely N-dealkylation sites (tertiary alicyclic amines) is 1. The largest absolute Gasteiger partial charge is 0.444 e. The first-order chi connectivity index (χ1) is 15.6. The predicted molar refractivity (Wildman–Crippen MR) is 122 cm³/mol. The van der Waals surface area contributed by atoms with E-state index in [1.54, 1.807) is 59.5 Å². The molecule has 1 saturated heterocycles. The third kappa shape index (κ3) is 5.42. The number of rotatable bonds is 5. The molecule has 2 aromatic carbocycles. The van der Waals surface area contributed by atoms with E-state index < -0.39 is 21.5 Å². The van der Waals surface area contributed by atoms with Crippen LogP contribution in [0.4, 0.5) is 4.79 Å². The van der Waals surface area contributed by atoms with Crippen LogP contribution in [0.3, 0.4) is 0 Å². The molecule has 1 aliphatic rings. The van der Waals surface area contributed by atoms with Gasteiger partial charge in [-0.15, -0.1) is 0 Å². The predicted octanol–water partition coefficient (Wildman–Crippen LogP) is 4.78. The van der Waals surface area contributed by atoms with Gasteiger partial charge in [-0.2, -0.15) is 4.98 Å². The fourth-order valence-corrected chi connectivity index (χ4v) is 5.10. The zero-order valence-electron chi connectivity index (χ0n) is 18.9. The van der Waals surface area contributed by atoms with Gasteiger partial charge >= 0.3 is 6.09 Å². The molecule has 0 aliphatic carbocycles. The third-order valence-corrected chi connectivity index (χ3v) is 6.98. The number of amides is 1. The summed E-state index contributed by atoms with van der Waals surface area (Å²) < 4.78 is 36.2. The van der Waals surface area contributed by atoms with Gasteiger partial charge in [0.05, 0.1) is 10.6 Å². The summed E-state index contributed by atoms with van der Waals surface area (Å²) in [6.45, 7) is 6.06. The summed E-state index contributed by atoms with van der Waals surface area (Å²) in [7, 11) is -3.42. The van der Waals surface area contributed by atoms with Crippen LogP contribution >= 0.6 is 0 Å². The number of aromatic nitrogens is 2. The number of carbonyl (C=O) groups is 1. The minimum Gasteiger partial charge on any atom is -0.444 e. The normalized spacial score (nSPS) is 16.7. The standard InChI is InChI=1S/C24H27N3O5S/c1-24(2,3)31-23(28)27-15-7-10-20(27)22-25-21(26-32-22)18-13-11-17(12-14-18)16-33(29,30)19-8-5-4-6-9-19/h4-6,8-9,11-14,20H,7,10,15-16H2,1-3H3/t20-/m0/s1. The summed E-state index contributed by atoms with van der Waals surface area (Å²) in [5.41, 5.74) is 0.783. The molecule has 0 radical (unpaired) electrons. The lowest BCUT2D eigenvalue weighted by Crippen LogP contribution is -2.36. The van der Waals surface area contributed by atoms with Crippen LogP contribution in [-0.4, -0.2) is 41.7 Å². The molecule has 1 aliphatic heterocycles. The molecular formula is C24H27N3O5S. The van der Waals surface area contributed by atoms with Crippen LogP contribution in [0.15, 0.2) is 64.0 Å². The Morgan fingerprint density at radius 1 is 1.12 bits per heavy atom. The van der Waals surface area contributed by atoms with E-state index in [4.69, 9.17) is 9.26 Å². The lowest BCUT2D eigenvalue weighted by Gasteiger charge is -2.26. The topological polar surface area (TPSA) is 103 Å². The van der Waals surface area contributed by atoms with Crippen molar-refractivity contribution in [3.63, 3.8) is 0 Å². The van der Waals surface area contributed by atoms with Gasteiger partial charge in [0.15, 0.2) is 9.84 Å². The van der Waals surface area contributed by atoms with Gasteiger partial charge in [-0.1, -0.05) is 47.6 Å². The van der Waals surface area contributed by atoms with E-state index >= 15 is 0 Å². The van der Waals surface area contributed by atoms with E-state index in [9.17, 15) is 13.2 Å². The Morgan fingerprint density at radius 3 is 2.48 bits per heavy atom. The summed E-state index contributed by atoms with van der Waals surface area (Å²) in [4.78, 5) is 19.0. The molecule has 9 heteroatoms. The van der Waals surface area contributed by atoms with Crippen molar-refractivity contribution in [2.45, 2.75) is 55.9 Å². The Bertz CT molecular complexity index is 1210. The van der Waals surface area contributed by atoms with E-state index in [0.717, 1.165) is 12.8 Å². The van der Waals surface area contributed by atoms with E-state index in [1.165, 1.54) is 0 Å². The molecule has 33 heavy (non-hydrogen) atoms. The molecule has 1 atom stereocenters. The lowest BCUT2D eigenvalue weighted by molar-refractivity contribution is 0.0199. The zero-order chi connectivity index (χ0) is 23.6. The maximum absolute atomic E-state index is 12.6. The molecule has 0 bridgehead atoms. The number of nitrogens with zero attached hydrogens (tertiary/aromatic N) is 3. The maximum atomic E-state index is 12.6. The van der Waals surface area contributed by atoms with Crippen molar-refractivity contribution >= 4 is 15.9 Å². The fourth-order valence-electron chi connectivity index (χ4n) is 3.73. The molecular weight excluding hydrogens is 442 g/mol. The minimum atomic E-state index is -3.42. The van der Waals surface area contributed by atoms with Gasteiger partial charge in [0.2, 0.25) is 11.7 Å². The first-order valence-corrected chi connectivity index (χ1v) is 12.5. The molecule has 1 aromatic heterocycles. The van der Waals surface area contributed by atoms with E-state index in [1.807, 2.05) is 20.8 Å². The molecule has 1 fully saturated rings. The van der Waals surface area contributed by atoms with Gasteiger partial charge in [-0.05, 0) is 51.3 Å². The molecule has 3 aromatic rings. The highest BCUT2D eigenvalue weighted by molar-refractivity contribution is 7.90. The molecule has 0 unspecified atom stereocenters. The van der Waals surface area contributed by atoms with Crippen LogP contribution < -0.4 is 0 Å². The van der Waals surface area contributed by atoms with Crippen LogP contribution in [0.2, 0.25) is 0 Å². The van der Waals surface area contributed by atoms with Crippen LogP contribution in [0.5, 0.6) is 0 Å². The third-order valence-electron chi connectivity index (χ3n) is 5.28. The molecule has 0 saturated carbocycles. The van der Waals surface area contributed by atoms with Crippen LogP contribution in [0, 0.1) is 0 Å². The van der Waals surface area contributed by atoms with Crippen LogP contribution in [0.25, 0.3) is 11.4 Å². The van der Waals surface area contributed by atoms with Gasteiger partial charge in [0.25, 0.3) is 0 Å². The molecule has 0 N–H and O–H groups in total. The molecule has 0 spiro atoms. The summed E-state index contributed by atoms with van der Waals surface area (Å²) in [5, 5.41) is 4.07. The van der Waals surface area contributed by atoms with Gasteiger partial charge in [-0.25, -0.2) is 13.2 Å². The molecule has 2 heterocycles. The summed E-state index contributed by atoms with van der Waals surface area (Å²) >= 11 is 0. The minimum absolute atomic E-state index is 0.0955. The van der Waals surface area contributed by atoms with Crippen molar-refractivity contribution in [3.8, 4) is 11.4 Å². The second-order valence-electron chi connectivity index (χ2n) is 9.06. The monoisotopic (exact) mass is 469 g/mol. The summed E-state index contributed by atoms with van der Waals surface area (Å²) in [6, 6.07) is 15.1. The highest BCUT2D eigenvalue weighted by Gasteiger charge is 2.36. The van der Waals surface area contributed by atoms with Crippen molar-refractivity contribution in [1.29, 1.82) is 0 Å². The van der Waals surface area contributed by atoms with Gasteiger partial charge in [0.1, 0.15) is 11.6 Å². The van der Waals surface area contributed by atoms with Crippen molar-refractivity contribution in [3.05, 3.63) is 66.1 Å². The molecule has 174 valence electrons. The lowest BCUT2D eigenvalue weighted by atomic mass is 10.1. The van der Waals surface area contributed by atoms with E-state index in [2.05, 4.69) is 10.1 Å². The highest BCUT2D eigenvalue weighted by Crippen LogP contribution is 2.33. The Kier molecular flexibility index (Phi) is 6.25. The van der Waals surface area contributed by atoms with Crippen LogP contribution in [-0.2, 0) is 20.3 Å². The Balaban J connectivity index is 1.47. The summed E-state index contributed by atoms with van der Waals surface area (Å²) in [5.74, 6) is 0.657. The van der Waals surface area contributed by atoms with Gasteiger partial charge < -0.3 is 9.26 Å². The zero-order valence-corrected chi connectivity index (χ0v) is 19.7. The molecule has 1 amide bonds. The quantitative estimate of drug-likeness (QED) is 0.530. The number of ether oxygens (including phenoxy) is 1. The van der Waals surface area contributed by atoms with Crippen molar-refractivity contribution < 1.29 is 22.5 Å². The van der Waals surface area contributed by atoms with Gasteiger partial charge in [-0.3, -0.25) is 4.90 Å². The SMILES string of the molecule is CC(C)(C)OC(=O)N1CCC[C@H]1c1nc(-c2ccc(CS(=O)(=O)c3ccccc3)cc2)no1. The second kappa shape index (κ2) is 8.97. The van der Waals surface area contributed by atoms with Crippen molar-refractivity contribution in [1.82, 2.24) is 15.0 Å². The van der Waals surface area contributed by atoms with E-state index in [-0.39, 0.29) is 11.8 Å².